The molecule has 2 heterocycles. The molecule has 0 saturated carbocycles. The number of anilines is 2. The molecule has 0 aliphatic heterocycles. The van der Waals surface area contributed by atoms with Crippen LogP contribution in [-0.2, 0) is 10.0 Å². The van der Waals surface area contributed by atoms with Crippen LogP contribution in [0.15, 0.2) is 34.7 Å². The third kappa shape index (κ3) is 3.31. The van der Waals surface area contributed by atoms with Crippen LogP contribution >= 0.6 is 11.3 Å². The van der Waals surface area contributed by atoms with E-state index in [2.05, 4.69) is 9.71 Å². The number of carbonyl (C=O) groups is 1. The highest BCUT2D eigenvalue weighted by molar-refractivity contribution is 7.92. The molecule has 2 N–H and O–H groups in total. The molecule has 2 aromatic heterocycles. The predicted molar refractivity (Wildman–Crippen MR) is 80.7 cm³/mol. The van der Waals surface area contributed by atoms with Gasteiger partial charge >= 0.3 is 5.97 Å². The van der Waals surface area contributed by atoms with Gasteiger partial charge in [-0.1, -0.05) is 0 Å². The van der Waals surface area contributed by atoms with Crippen molar-refractivity contribution in [3.8, 4) is 0 Å². The van der Waals surface area contributed by atoms with Crippen LogP contribution in [0.2, 0.25) is 0 Å². The van der Waals surface area contributed by atoms with Crippen molar-refractivity contribution in [2.75, 3.05) is 23.7 Å². The Kier molecular flexibility index (Phi) is 4.14. The van der Waals surface area contributed by atoms with Gasteiger partial charge in [0.2, 0.25) is 0 Å². The first kappa shape index (κ1) is 15.3. The number of carboxylic acid groups (broad SMARTS) is 1. The van der Waals surface area contributed by atoms with Crippen molar-refractivity contribution >= 4 is 38.8 Å². The number of aromatic nitrogens is 1. The standard InChI is InChI=1S/C12H13N3O4S2/c1-15(2)11-9(4-3-5-13-11)14-21(18,19)8-6-10(12(16)17)20-7-8/h3-7,14H,1-2H3,(H,16,17). The van der Waals surface area contributed by atoms with Gasteiger partial charge in [-0.2, -0.15) is 0 Å². The Bertz CT molecular complexity index is 768. The molecule has 0 spiro atoms. The predicted octanol–water partition coefficient (Wildman–Crippen LogP) is 1.71. The summed E-state index contributed by atoms with van der Waals surface area (Å²) in [5.74, 6) is -0.688. The van der Waals surface area contributed by atoms with Gasteiger partial charge in [-0.25, -0.2) is 18.2 Å². The van der Waals surface area contributed by atoms with Crippen LogP contribution < -0.4 is 9.62 Å². The molecule has 21 heavy (non-hydrogen) atoms. The van der Waals surface area contributed by atoms with Crippen molar-refractivity contribution in [2.45, 2.75) is 4.90 Å². The topological polar surface area (TPSA) is 99.6 Å². The van der Waals surface area contributed by atoms with Gasteiger partial charge in [0, 0.05) is 25.7 Å². The fraction of sp³-hybridized carbons (Fsp3) is 0.167. The Morgan fingerprint density at radius 2 is 2.14 bits per heavy atom. The van der Waals surface area contributed by atoms with E-state index in [1.165, 1.54) is 5.38 Å². The van der Waals surface area contributed by atoms with E-state index >= 15 is 0 Å². The Hall–Kier alpha value is -2.13. The fourth-order valence-electron chi connectivity index (χ4n) is 1.61. The van der Waals surface area contributed by atoms with Gasteiger partial charge in [-0.15, -0.1) is 11.3 Å². The van der Waals surface area contributed by atoms with E-state index in [1.807, 2.05) is 0 Å². The van der Waals surface area contributed by atoms with Crippen LogP contribution in [0.25, 0.3) is 0 Å². The Morgan fingerprint density at radius 1 is 1.43 bits per heavy atom. The summed E-state index contributed by atoms with van der Waals surface area (Å²) < 4.78 is 27.0. The highest BCUT2D eigenvalue weighted by Crippen LogP contribution is 2.26. The molecule has 112 valence electrons. The smallest absolute Gasteiger partial charge is 0.345 e. The first-order valence-corrected chi connectivity index (χ1v) is 8.14. The van der Waals surface area contributed by atoms with Crippen LogP contribution in [0.4, 0.5) is 11.5 Å². The number of aromatic carboxylic acids is 1. The van der Waals surface area contributed by atoms with E-state index < -0.39 is 16.0 Å². The number of hydrogen-bond acceptors (Lipinski definition) is 6. The summed E-state index contributed by atoms with van der Waals surface area (Å²) in [5.41, 5.74) is 0.325. The summed E-state index contributed by atoms with van der Waals surface area (Å²) in [5, 5.41) is 10.1. The van der Waals surface area contributed by atoms with Crippen molar-refractivity contribution < 1.29 is 18.3 Å². The molecule has 0 bridgehead atoms. The fourth-order valence-corrected chi connectivity index (χ4v) is 3.78. The molecule has 0 atom stereocenters. The second kappa shape index (κ2) is 5.70. The maximum Gasteiger partial charge on any atom is 0.345 e. The summed E-state index contributed by atoms with van der Waals surface area (Å²) in [4.78, 5) is 16.5. The molecule has 9 heteroatoms. The number of rotatable bonds is 5. The number of nitrogens with zero attached hydrogens (tertiary/aromatic N) is 2. The molecule has 0 aliphatic rings. The minimum atomic E-state index is -3.85. The summed E-state index contributed by atoms with van der Waals surface area (Å²) in [6.45, 7) is 0. The molecule has 0 aromatic carbocycles. The van der Waals surface area contributed by atoms with Gasteiger partial charge in [0.05, 0.1) is 10.6 Å². The second-order valence-electron chi connectivity index (χ2n) is 4.33. The molecular formula is C12H13N3O4S2. The van der Waals surface area contributed by atoms with Gasteiger partial charge in [-0.05, 0) is 18.2 Å². The number of hydrogen-bond donors (Lipinski definition) is 2. The summed E-state index contributed by atoms with van der Waals surface area (Å²) >= 11 is 0.861. The van der Waals surface area contributed by atoms with E-state index in [-0.39, 0.29) is 9.77 Å². The third-order valence-corrected chi connectivity index (χ3v) is 4.96. The van der Waals surface area contributed by atoms with Gasteiger partial charge in [0.15, 0.2) is 5.82 Å². The highest BCUT2D eigenvalue weighted by Gasteiger charge is 2.20. The number of nitrogens with one attached hydrogen (secondary N) is 1. The van der Waals surface area contributed by atoms with Gasteiger partial charge < -0.3 is 10.0 Å². The van der Waals surface area contributed by atoms with Gasteiger partial charge in [0.25, 0.3) is 10.0 Å². The van der Waals surface area contributed by atoms with E-state index in [9.17, 15) is 13.2 Å². The van der Waals surface area contributed by atoms with E-state index in [1.54, 1.807) is 37.3 Å². The molecule has 0 saturated heterocycles. The molecule has 2 aromatic rings. The van der Waals surface area contributed by atoms with Crippen molar-refractivity contribution in [3.63, 3.8) is 0 Å². The first-order chi connectivity index (χ1) is 9.81. The Morgan fingerprint density at radius 3 is 2.71 bits per heavy atom. The number of thiophene rings is 1. The zero-order valence-corrected chi connectivity index (χ0v) is 12.9. The maximum atomic E-state index is 12.3. The van der Waals surface area contributed by atoms with Crippen LogP contribution in [-0.4, -0.2) is 38.6 Å². The molecule has 0 aliphatic carbocycles. The lowest BCUT2D eigenvalue weighted by Crippen LogP contribution is -2.17. The van der Waals surface area contributed by atoms with Gasteiger partial charge in [-0.3, -0.25) is 4.72 Å². The zero-order valence-electron chi connectivity index (χ0n) is 11.3. The molecule has 0 amide bonds. The molecule has 0 fully saturated rings. The lowest BCUT2D eigenvalue weighted by molar-refractivity contribution is 0.0702. The first-order valence-electron chi connectivity index (χ1n) is 5.78. The molecule has 2 rings (SSSR count). The molecule has 0 unspecified atom stereocenters. The highest BCUT2D eigenvalue weighted by atomic mass is 32.2. The maximum absolute atomic E-state index is 12.3. The quantitative estimate of drug-likeness (QED) is 0.867. The van der Waals surface area contributed by atoms with Crippen LogP contribution in [0.3, 0.4) is 0 Å². The normalized spacial score (nSPS) is 11.1. The van der Waals surface area contributed by atoms with Crippen molar-refractivity contribution in [1.29, 1.82) is 0 Å². The largest absolute Gasteiger partial charge is 0.477 e. The summed E-state index contributed by atoms with van der Waals surface area (Å²) in [6, 6.07) is 4.33. The van der Waals surface area contributed by atoms with Crippen molar-refractivity contribution in [1.82, 2.24) is 4.98 Å². The SMILES string of the molecule is CN(C)c1ncccc1NS(=O)(=O)c1csc(C(=O)O)c1. The van der Waals surface area contributed by atoms with E-state index in [0.717, 1.165) is 17.4 Å². The lowest BCUT2D eigenvalue weighted by Gasteiger charge is -2.16. The lowest BCUT2D eigenvalue weighted by atomic mass is 10.4. The third-order valence-electron chi connectivity index (χ3n) is 2.55. The monoisotopic (exact) mass is 327 g/mol. The van der Waals surface area contributed by atoms with E-state index in [4.69, 9.17) is 5.11 Å². The summed E-state index contributed by atoms with van der Waals surface area (Å²) in [7, 11) is -0.365. The zero-order chi connectivity index (χ0) is 15.6. The minimum absolute atomic E-state index is 0.0330. The van der Waals surface area contributed by atoms with Crippen molar-refractivity contribution in [3.05, 3.63) is 34.7 Å². The molecule has 0 radical (unpaired) electrons. The number of sulfonamides is 1. The average molecular weight is 327 g/mol. The van der Waals surface area contributed by atoms with Crippen molar-refractivity contribution in [2.24, 2.45) is 0 Å². The number of pyridine rings is 1. The molecular weight excluding hydrogens is 314 g/mol. The Labute approximate surface area is 125 Å². The second-order valence-corrected chi connectivity index (χ2v) is 6.92. The minimum Gasteiger partial charge on any atom is -0.477 e. The van der Waals surface area contributed by atoms with Gasteiger partial charge in [0.1, 0.15) is 4.88 Å². The number of carboxylic acids is 1. The summed E-state index contributed by atoms with van der Waals surface area (Å²) in [6.07, 6.45) is 1.56. The van der Waals surface area contributed by atoms with Crippen LogP contribution in [0.1, 0.15) is 9.67 Å². The molecule has 7 nitrogen and oxygen atoms in total. The van der Waals surface area contributed by atoms with Crippen LogP contribution in [0, 0.1) is 0 Å². The Balaban J connectivity index is 2.35. The van der Waals surface area contributed by atoms with Crippen LogP contribution in [0.5, 0.6) is 0 Å². The van der Waals surface area contributed by atoms with E-state index in [0.29, 0.717) is 11.5 Å². The average Bonchev–Trinajstić information content (AvgIpc) is 2.89.